The molecule has 160 valence electrons. The molecule has 0 aliphatic carbocycles. The molecule has 2 aromatic rings. The van der Waals surface area contributed by atoms with Crippen molar-refractivity contribution in [3.05, 3.63) is 35.7 Å². The molecule has 3 heterocycles. The molecule has 0 unspecified atom stereocenters. The maximum Gasteiger partial charge on any atom is 0.158 e. The van der Waals surface area contributed by atoms with Crippen LogP contribution < -0.4 is 25.6 Å². The lowest BCUT2D eigenvalue weighted by Gasteiger charge is -2.35. The minimum atomic E-state index is 0.683. The second kappa shape index (κ2) is 9.32. The zero-order valence-corrected chi connectivity index (χ0v) is 17.8. The number of hydrogen-bond acceptors (Lipinski definition) is 8. The summed E-state index contributed by atoms with van der Waals surface area (Å²) < 4.78 is 5.24. The average molecular weight is 410 g/mol. The number of rotatable bonds is 5. The first-order valence-electron chi connectivity index (χ1n) is 10.5. The van der Waals surface area contributed by atoms with Crippen LogP contribution in [0.2, 0.25) is 0 Å². The fourth-order valence-electron chi connectivity index (χ4n) is 3.80. The fourth-order valence-corrected chi connectivity index (χ4v) is 3.80. The van der Waals surface area contributed by atoms with E-state index in [1.54, 1.807) is 7.11 Å². The van der Waals surface area contributed by atoms with Gasteiger partial charge in [-0.1, -0.05) is 18.2 Å². The predicted molar refractivity (Wildman–Crippen MR) is 123 cm³/mol. The minimum absolute atomic E-state index is 0.683. The van der Waals surface area contributed by atoms with Crippen LogP contribution in [0, 0.1) is 0 Å². The maximum absolute atomic E-state index is 6.61. The van der Waals surface area contributed by atoms with E-state index >= 15 is 0 Å². The third kappa shape index (κ3) is 4.66. The van der Waals surface area contributed by atoms with Gasteiger partial charge in [0.05, 0.1) is 7.11 Å². The Morgan fingerprint density at radius 1 is 0.900 bits per heavy atom. The summed E-state index contributed by atoms with van der Waals surface area (Å²) in [7, 11) is 3.82. The van der Waals surface area contributed by atoms with Crippen LogP contribution in [0.25, 0.3) is 12.2 Å². The third-order valence-corrected chi connectivity index (χ3v) is 5.68. The topological polar surface area (TPSA) is 82.8 Å². The van der Waals surface area contributed by atoms with Crippen LogP contribution in [0.4, 0.5) is 17.3 Å². The second-order valence-electron chi connectivity index (χ2n) is 7.78. The van der Waals surface area contributed by atoms with E-state index in [0.717, 1.165) is 75.3 Å². The maximum atomic E-state index is 6.61. The quantitative estimate of drug-likeness (QED) is 0.767. The first-order valence-corrected chi connectivity index (χ1v) is 10.5. The molecule has 0 saturated carbocycles. The largest absolute Gasteiger partial charge is 0.497 e. The number of anilines is 3. The predicted octanol–water partition coefficient (Wildman–Crippen LogP) is 1.40. The fraction of sp³-hybridized carbons (Fsp3) is 0.455. The van der Waals surface area contributed by atoms with Crippen LogP contribution in [-0.2, 0) is 0 Å². The number of nitrogens with two attached hydrogens (primary N) is 1. The van der Waals surface area contributed by atoms with Crippen molar-refractivity contribution in [2.75, 3.05) is 82.0 Å². The Morgan fingerprint density at radius 2 is 1.50 bits per heavy atom. The smallest absolute Gasteiger partial charge is 0.158 e. The molecular formula is C22H31N7O. The van der Waals surface area contributed by atoms with Crippen LogP contribution in [0.5, 0.6) is 5.75 Å². The normalized spacial score (nSPS) is 18.2. The highest BCUT2D eigenvalue weighted by molar-refractivity contribution is 5.79. The van der Waals surface area contributed by atoms with E-state index in [1.807, 2.05) is 36.4 Å². The van der Waals surface area contributed by atoms with Gasteiger partial charge in [0.2, 0.25) is 0 Å². The molecular weight excluding hydrogens is 378 g/mol. The van der Waals surface area contributed by atoms with E-state index in [0.29, 0.717) is 11.5 Å². The van der Waals surface area contributed by atoms with E-state index < -0.39 is 0 Å². The van der Waals surface area contributed by atoms with Crippen molar-refractivity contribution in [1.82, 2.24) is 20.2 Å². The molecule has 2 saturated heterocycles. The van der Waals surface area contributed by atoms with Gasteiger partial charge in [-0.15, -0.1) is 0 Å². The molecule has 0 atom stereocenters. The molecule has 3 N–H and O–H groups in total. The zero-order chi connectivity index (χ0) is 20.9. The van der Waals surface area contributed by atoms with E-state index in [9.17, 15) is 0 Å². The highest BCUT2D eigenvalue weighted by atomic mass is 16.5. The van der Waals surface area contributed by atoms with E-state index in [1.165, 1.54) is 0 Å². The first kappa shape index (κ1) is 20.4. The lowest BCUT2D eigenvalue weighted by Crippen LogP contribution is -2.46. The Morgan fingerprint density at radius 3 is 2.10 bits per heavy atom. The summed E-state index contributed by atoms with van der Waals surface area (Å²) in [6.45, 7) is 7.50. The number of benzene rings is 1. The molecule has 1 aromatic heterocycles. The van der Waals surface area contributed by atoms with Crippen molar-refractivity contribution in [2.45, 2.75) is 0 Å². The van der Waals surface area contributed by atoms with E-state index in [2.05, 4.69) is 27.1 Å². The summed E-state index contributed by atoms with van der Waals surface area (Å²) in [5, 5.41) is 3.39. The van der Waals surface area contributed by atoms with E-state index in [-0.39, 0.29) is 0 Å². The van der Waals surface area contributed by atoms with Crippen molar-refractivity contribution < 1.29 is 4.74 Å². The van der Waals surface area contributed by atoms with Crippen LogP contribution in [-0.4, -0.2) is 81.4 Å². The summed E-state index contributed by atoms with van der Waals surface area (Å²) in [5.74, 6) is 3.22. The molecule has 0 amide bonds. The molecule has 0 bridgehead atoms. The molecule has 0 spiro atoms. The number of nitrogens with zero attached hydrogens (tertiary/aromatic N) is 5. The van der Waals surface area contributed by atoms with Crippen molar-refractivity contribution in [2.24, 2.45) is 0 Å². The Bertz CT molecular complexity index is 870. The highest BCUT2D eigenvalue weighted by Gasteiger charge is 2.23. The number of methoxy groups -OCH3 is 1. The van der Waals surface area contributed by atoms with Gasteiger partial charge >= 0.3 is 0 Å². The Balaban J connectivity index is 1.65. The van der Waals surface area contributed by atoms with Gasteiger partial charge in [0.25, 0.3) is 0 Å². The standard InChI is InChI=1S/C22H31N7O/c1-27-13-15-29(16-14-27)22-20(23)21(28-11-9-24-10-12-28)25-19(26-22)8-5-17-3-6-18(30-2)7-4-17/h3-8,24H,9-16,23H2,1-2H3. The Hall–Kier alpha value is -2.84. The van der Waals surface area contributed by atoms with Gasteiger partial charge in [0, 0.05) is 52.4 Å². The summed E-state index contributed by atoms with van der Waals surface area (Å²) in [6.07, 6.45) is 3.99. The minimum Gasteiger partial charge on any atom is -0.497 e. The molecule has 8 nitrogen and oxygen atoms in total. The monoisotopic (exact) mass is 409 g/mol. The van der Waals surface area contributed by atoms with Crippen LogP contribution >= 0.6 is 0 Å². The molecule has 2 fully saturated rings. The molecule has 2 aliphatic rings. The van der Waals surface area contributed by atoms with Gasteiger partial charge in [-0.2, -0.15) is 0 Å². The van der Waals surface area contributed by atoms with Crippen molar-refractivity contribution in [3.8, 4) is 5.75 Å². The number of ether oxygens (including phenoxy) is 1. The number of likely N-dealkylation sites (N-methyl/N-ethyl adjacent to an activating group) is 1. The SMILES string of the molecule is COc1ccc(C=Cc2nc(N3CCNCC3)c(N)c(N3CCN(C)CC3)n2)cc1. The molecule has 8 heteroatoms. The molecule has 4 rings (SSSR count). The van der Waals surface area contributed by atoms with Crippen molar-refractivity contribution in [3.63, 3.8) is 0 Å². The highest BCUT2D eigenvalue weighted by Crippen LogP contribution is 2.31. The average Bonchev–Trinajstić information content (AvgIpc) is 2.80. The number of nitrogen functional groups attached to an aromatic ring is 1. The number of piperazine rings is 2. The lowest BCUT2D eigenvalue weighted by atomic mass is 10.2. The van der Waals surface area contributed by atoms with Gasteiger partial charge < -0.3 is 30.5 Å². The Labute approximate surface area is 178 Å². The summed E-state index contributed by atoms with van der Waals surface area (Å²) >= 11 is 0. The van der Waals surface area contributed by atoms with E-state index in [4.69, 9.17) is 20.4 Å². The van der Waals surface area contributed by atoms with Crippen LogP contribution in [0.15, 0.2) is 24.3 Å². The van der Waals surface area contributed by atoms with Gasteiger partial charge in [0.1, 0.15) is 11.4 Å². The lowest BCUT2D eigenvalue weighted by molar-refractivity contribution is 0.312. The number of aromatic nitrogens is 2. The number of hydrogen-bond donors (Lipinski definition) is 2. The first-order chi connectivity index (χ1) is 14.6. The summed E-state index contributed by atoms with van der Waals surface area (Å²) in [4.78, 5) is 16.5. The van der Waals surface area contributed by atoms with Crippen molar-refractivity contribution in [1.29, 1.82) is 0 Å². The summed E-state index contributed by atoms with van der Waals surface area (Å²) in [6, 6.07) is 7.94. The van der Waals surface area contributed by atoms with Crippen LogP contribution in [0.3, 0.4) is 0 Å². The summed E-state index contributed by atoms with van der Waals surface area (Å²) in [5.41, 5.74) is 8.36. The Kier molecular flexibility index (Phi) is 6.35. The van der Waals surface area contributed by atoms with Crippen LogP contribution in [0.1, 0.15) is 11.4 Å². The molecule has 1 aromatic carbocycles. The second-order valence-corrected chi connectivity index (χ2v) is 7.78. The van der Waals surface area contributed by atoms with Gasteiger partial charge in [-0.25, -0.2) is 9.97 Å². The van der Waals surface area contributed by atoms with Gasteiger partial charge in [0.15, 0.2) is 17.5 Å². The van der Waals surface area contributed by atoms with Gasteiger partial charge in [-0.3, -0.25) is 0 Å². The zero-order valence-electron chi connectivity index (χ0n) is 17.8. The molecule has 2 aliphatic heterocycles. The molecule has 0 radical (unpaired) electrons. The molecule has 30 heavy (non-hydrogen) atoms. The third-order valence-electron chi connectivity index (χ3n) is 5.68. The van der Waals surface area contributed by atoms with Gasteiger partial charge in [-0.05, 0) is 30.8 Å². The number of nitrogens with one attached hydrogen (secondary N) is 1. The van der Waals surface area contributed by atoms with Crippen molar-refractivity contribution >= 4 is 29.5 Å².